The number of hydrogen-bond donors (Lipinski definition) is 1. The number of aromatic nitrogens is 1. The molecule has 0 aliphatic carbocycles. The van der Waals surface area contributed by atoms with E-state index in [0.717, 1.165) is 23.7 Å². The van der Waals surface area contributed by atoms with E-state index in [0.29, 0.717) is 13.1 Å². The van der Waals surface area contributed by atoms with Crippen LogP contribution in [0.15, 0.2) is 24.8 Å². The number of nitrogens with zero attached hydrogens (tertiary/aromatic N) is 2. The van der Waals surface area contributed by atoms with Crippen molar-refractivity contribution in [2.75, 3.05) is 26.8 Å². The highest BCUT2D eigenvalue weighted by Gasteiger charge is 2.06. The Morgan fingerprint density at radius 2 is 2.29 bits per heavy atom. The molecule has 0 amide bonds. The Morgan fingerprint density at radius 3 is 2.88 bits per heavy atom. The smallest absolute Gasteiger partial charge is 0.122 e. The van der Waals surface area contributed by atoms with Crippen LogP contribution < -0.4 is 4.74 Å². The molecule has 0 aliphatic heterocycles. The van der Waals surface area contributed by atoms with E-state index in [9.17, 15) is 0 Å². The minimum Gasteiger partial charge on any atom is -0.497 e. The zero-order chi connectivity index (χ0) is 12.7. The third-order valence-electron chi connectivity index (χ3n) is 2.40. The van der Waals surface area contributed by atoms with E-state index in [2.05, 4.69) is 16.5 Å². The lowest BCUT2D eigenvalue weighted by Gasteiger charge is -2.19. The fraction of sp³-hybridized carbons (Fsp3) is 0.462. The minimum atomic E-state index is 0.136. The van der Waals surface area contributed by atoms with Crippen LogP contribution in [0, 0.1) is 6.92 Å². The number of aliphatic hydroxyl groups excluding tert-OH is 1. The number of pyridine rings is 1. The van der Waals surface area contributed by atoms with Gasteiger partial charge >= 0.3 is 0 Å². The van der Waals surface area contributed by atoms with Crippen LogP contribution in [0.5, 0.6) is 5.75 Å². The zero-order valence-corrected chi connectivity index (χ0v) is 10.5. The summed E-state index contributed by atoms with van der Waals surface area (Å²) < 4.78 is 5.21. The molecule has 1 aromatic heterocycles. The first kappa shape index (κ1) is 13.7. The summed E-state index contributed by atoms with van der Waals surface area (Å²) >= 11 is 0. The molecule has 1 rings (SSSR count). The molecule has 1 heterocycles. The highest BCUT2D eigenvalue weighted by Crippen LogP contribution is 2.14. The fourth-order valence-corrected chi connectivity index (χ4v) is 1.69. The van der Waals surface area contributed by atoms with Crippen molar-refractivity contribution in [2.45, 2.75) is 13.5 Å². The number of aliphatic hydroxyl groups is 1. The standard InChI is InChI=1S/C13H20N2O2/c1-4-5-15(6-7-16)10-12-9-13(17-3)8-11(2)14-12/h4,8-9,16H,1,5-7,10H2,2-3H3. The highest BCUT2D eigenvalue weighted by atomic mass is 16.5. The number of aryl methyl sites for hydroxylation is 1. The second-order valence-corrected chi connectivity index (χ2v) is 3.89. The summed E-state index contributed by atoms with van der Waals surface area (Å²) in [5, 5.41) is 8.98. The van der Waals surface area contributed by atoms with Crippen LogP contribution in [0.25, 0.3) is 0 Å². The summed E-state index contributed by atoms with van der Waals surface area (Å²) in [4.78, 5) is 6.53. The molecule has 0 bridgehead atoms. The monoisotopic (exact) mass is 236 g/mol. The van der Waals surface area contributed by atoms with E-state index in [-0.39, 0.29) is 6.61 Å². The van der Waals surface area contributed by atoms with E-state index in [1.54, 1.807) is 7.11 Å². The molecule has 94 valence electrons. The molecule has 4 heteroatoms. The third kappa shape index (κ3) is 4.54. The van der Waals surface area contributed by atoms with Gasteiger partial charge in [-0.15, -0.1) is 6.58 Å². The van der Waals surface area contributed by atoms with Crippen molar-refractivity contribution in [3.8, 4) is 5.75 Å². The Bertz CT molecular complexity index is 366. The van der Waals surface area contributed by atoms with Gasteiger partial charge in [0, 0.05) is 37.5 Å². The summed E-state index contributed by atoms with van der Waals surface area (Å²) in [6.45, 7) is 7.82. The highest BCUT2D eigenvalue weighted by molar-refractivity contribution is 5.26. The second-order valence-electron chi connectivity index (χ2n) is 3.89. The predicted molar refractivity (Wildman–Crippen MR) is 68.1 cm³/mol. The molecule has 0 spiro atoms. The maximum atomic E-state index is 8.98. The summed E-state index contributed by atoms with van der Waals surface area (Å²) in [5.41, 5.74) is 1.87. The lowest BCUT2D eigenvalue weighted by Crippen LogP contribution is -2.27. The first-order valence-electron chi connectivity index (χ1n) is 5.65. The van der Waals surface area contributed by atoms with Crippen molar-refractivity contribution in [3.05, 3.63) is 36.2 Å². The largest absolute Gasteiger partial charge is 0.497 e. The van der Waals surface area contributed by atoms with E-state index < -0.39 is 0 Å². The fourth-order valence-electron chi connectivity index (χ4n) is 1.69. The Morgan fingerprint density at radius 1 is 1.53 bits per heavy atom. The topological polar surface area (TPSA) is 45.6 Å². The molecule has 0 atom stereocenters. The van der Waals surface area contributed by atoms with Crippen LogP contribution in [-0.4, -0.2) is 41.8 Å². The molecule has 17 heavy (non-hydrogen) atoms. The Labute approximate surface area is 103 Å². The minimum absolute atomic E-state index is 0.136. The molecule has 1 aromatic rings. The molecular formula is C13H20N2O2. The van der Waals surface area contributed by atoms with Gasteiger partial charge in [0.25, 0.3) is 0 Å². The average molecular weight is 236 g/mol. The third-order valence-corrected chi connectivity index (χ3v) is 2.40. The van der Waals surface area contributed by atoms with Gasteiger partial charge in [-0.1, -0.05) is 6.08 Å². The molecule has 1 N–H and O–H groups in total. The van der Waals surface area contributed by atoms with Gasteiger partial charge in [0.15, 0.2) is 0 Å². The van der Waals surface area contributed by atoms with E-state index >= 15 is 0 Å². The van der Waals surface area contributed by atoms with Crippen molar-refractivity contribution < 1.29 is 9.84 Å². The molecule has 0 radical (unpaired) electrons. The maximum absolute atomic E-state index is 8.98. The number of ether oxygens (including phenoxy) is 1. The molecule has 0 aromatic carbocycles. The summed E-state index contributed by atoms with van der Waals surface area (Å²) in [6.07, 6.45) is 1.82. The van der Waals surface area contributed by atoms with Gasteiger partial charge in [0.05, 0.1) is 19.4 Å². The van der Waals surface area contributed by atoms with Crippen molar-refractivity contribution in [1.82, 2.24) is 9.88 Å². The molecule has 0 saturated heterocycles. The maximum Gasteiger partial charge on any atom is 0.122 e. The Hall–Kier alpha value is -1.39. The molecule has 4 nitrogen and oxygen atoms in total. The van der Waals surface area contributed by atoms with Crippen LogP contribution >= 0.6 is 0 Å². The predicted octanol–water partition coefficient (Wildman–Crippen LogP) is 1.38. The van der Waals surface area contributed by atoms with E-state index in [1.807, 2.05) is 25.1 Å². The Balaban J connectivity index is 2.76. The lowest BCUT2D eigenvalue weighted by molar-refractivity contribution is 0.202. The van der Waals surface area contributed by atoms with Crippen LogP contribution in [0.4, 0.5) is 0 Å². The van der Waals surface area contributed by atoms with Gasteiger partial charge in [-0.05, 0) is 6.92 Å². The molecule has 0 saturated carbocycles. The van der Waals surface area contributed by atoms with Gasteiger partial charge in [0.1, 0.15) is 5.75 Å². The zero-order valence-electron chi connectivity index (χ0n) is 10.5. The first-order valence-corrected chi connectivity index (χ1v) is 5.65. The van der Waals surface area contributed by atoms with Gasteiger partial charge in [-0.3, -0.25) is 9.88 Å². The lowest BCUT2D eigenvalue weighted by atomic mass is 10.2. The summed E-state index contributed by atoms with van der Waals surface area (Å²) in [6, 6.07) is 3.81. The van der Waals surface area contributed by atoms with Crippen molar-refractivity contribution in [2.24, 2.45) is 0 Å². The van der Waals surface area contributed by atoms with Crippen molar-refractivity contribution in [1.29, 1.82) is 0 Å². The summed E-state index contributed by atoms with van der Waals surface area (Å²) in [7, 11) is 1.65. The van der Waals surface area contributed by atoms with Gasteiger partial charge in [-0.2, -0.15) is 0 Å². The van der Waals surface area contributed by atoms with Gasteiger partial charge < -0.3 is 9.84 Å². The average Bonchev–Trinajstić information content (AvgIpc) is 2.29. The molecular weight excluding hydrogens is 216 g/mol. The van der Waals surface area contributed by atoms with Crippen LogP contribution in [0.2, 0.25) is 0 Å². The normalized spacial score (nSPS) is 10.6. The molecule has 0 fully saturated rings. The quantitative estimate of drug-likeness (QED) is 0.726. The molecule has 0 unspecified atom stereocenters. The Kier molecular flexibility index (Phi) is 5.66. The van der Waals surface area contributed by atoms with E-state index in [4.69, 9.17) is 9.84 Å². The van der Waals surface area contributed by atoms with Crippen LogP contribution in [-0.2, 0) is 6.54 Å². The van der Waals surface area contributed by atoms with Crippen molar-refractivity contribution >= 4 is 0 Å². The second kappa shape index (κ2) is 7.04. The SMILES string of the molecule is C=CCN(CCO)Cc1cc(OC)cc(C)n1. The van der Waals surface area contributed by atoms with Crippen molar-refractivity contribution in [3.63, 3.8) is 0 Å². The van der Waals surface area contributed by atoms with Gasteiger partial charge in [0.2, 0.25) is 0 Å². The summed E-state index contributed by atoms with van der Waals surface area (Å²) in [5.74, 6) is 0.815. The van der Waals surface area contributed by atoms with Crippen LogP contribution in [0.3, 0.4) is 0 Å². The first-order chi connectivity index (χ1) is 8.19. The number of hydrogen-bond acceptors (Lipinski definition) is 4. The van der Waals surface area contributed by atoms with Crippen LogP contribution in [0.1, 0.15) is 11.4 Å². The van der Waals surface area contributed by atoms with Gasteiger partial charge in [-0.25, -0.2) is 0 Å². The number of methoxy groups -OCH3 is 1. The molecule has 0 aliphatic rings. The van der Waals surface area contributed by atoms with E-state index in [1.165, 1.54) is 0 Å². The number of rotatable bonds is 7.